The smallest absolute Gasteiger partial charge is 0.366 e. The van der Waals surface area contributed by atoms with Crippen LogP contribution in [0.3, 0.4) is 0 Å². The van der Waals surface area contributed by atoms with Crippen LogP contribution in [0.15, 0.2) is 12.7 Å². The Hall–Kier alpha value is -0.680. The van der Waals surface area contributed by atoms with Crippen molar-refractivity contribution >= 4 is 13.6 Å². The monoisotopic (exact) mass is 266 g/mol. The van der Waals surface area contributed by atoms with Gasteiger partial charge < -0.3 is 19.4 Å². The summed E-state index contributed by atoms with van der Waals surface area (Å²) in [5.41, 5.74) is -1.26. The van der Waals surface area contributed by atoms with Crippen LogP contribution in [0.25, 0.3) is 0 Å². The van der Waals surface area contributed by atoms with E-state index in [0.29, 0.717) is 0 Å². The van der Waals surface area contributed by atoms with Crippen molar-refractivity contribution in [3.8, 4) is 0 Å². The number of nitrogens with zero attached hydrogens (tertiary/aromatic N) is 1. The Bertz CT molecular complexity index is 343. The third-order valence-electron chi connectivity index (χ3n) is 2.98. The van der Waals surface area contributed by atoms with Crippen molar-refractivity contribution in [2.75, 3.05) is 27.3 Å². The van der Waals surface area contributed by atoms with Crippen molar-refractivity contribution in [2.24, 2.45) is 0 Å². The van der Waals surface area contributed by atoms with E-state index in [4.69, 9.17) is 9.79 Å². The topological polar surface area (TPSA) is 94.8 Å². The molecule has 17 heavy (non-hydrogen) atoms. The zero-order valence-electron chi connectivity index (χ0n) is 10.5. The molecule has 0 spiro atoms. The van der Waals surface area contributed by atoms with Crippen molar-refractivity contribution in [2.45, 2.75) is 18.4 Å². The summed E-state index contributed by atoms with van der Waals surface area (Å²) in [5.74, 6) is -1.07. The van der Waals surface area contributed by atoms with E-state index >= 15 is 0 Å². The second-order valence-electron chi connectivity index (χ2n) is 4.98. The molecule has 0 rings (SSSR count). The third kappa shape index (κ3) is 4.24. The first-order valence-electron chi connectivity index (χ1n) is 5.17. The second-order valence-corrected chi connectivity index (χ2v) is 6.76. The minimum Gasteiger partial charge on any atom is -0.477 e. The van der Waals surface area contributed by atoms with Crippen molar-refractivity contribution in [3.05, 3.63) is 12.7 Å². The number of carboxylic acids is 1. The van der Waals surface area contributed by atoms with Crippen LogP contribution in [0.4, 0.5) is 0 Å². The van der Waals surface area contributed by atoms with Gasteiger partial charge in [0.15, 0.2) is 0 Å². The van der Waals surface area contributed by atoms with Crippen LogP contribution < -0.4 is 0 Å². The Morgan fingerprint density at radius 3 is 2.12 bits per heavy atom. The molecule has 0 aromatic rings. The van der Waals surface area contributed by atoms with E-state index in [0.717, 1.165) is 0 Å². The van der Waals surface area contributed by atoms with Crippen LogP contribution >= 0.6 is 7.60 Å². The molecule has 1 unspecified atom stereocenters. The van der Waals surface area contributed by atoms with Crippen LogP contribution in [0.5, 0.6) is 0 Å². The summed E-state index contributed by atoms with van der Waals surface area (Å²) < 4.78 is 11.0. The zero-order chi connectivity index (χ0) is 13.9. The summed E-state index contributed by atoms with van der Waals surface area (Å²) >= 11 is 0. The van der Waals surface area contributed by atoms with Crippen LogP contribution in [0.2, 0.25) is 0 Å². The van der Waals surface area contributed by atoms with E-state index in [1.54, 1.807) is 21.1 Å². The molecule has 100 valence electrons. The molecule has 6 nitrogen and oxygen atoms in total. The lowest BCUT2D eigenvalue weighted by Crippen LogP contribution is -2.62. The van der Waals surface area contributed by atoms with Gasteiger partial charge in [-0.2, -0.15) is 0 Å². The summed E-state index contributed by atoms with van der Waals surface area (Å²) in [6, 6.07) is 0. The number of quaternary nitrogens is 1. The molecule has 0 heterocycles. The molecule has 1 atom stereocenters. The number of rotatable bonds is 7. The standard InChI is InChI=1S/C10H20NO5P/c1-5-6-10(9(12)13,11(2,3)4)7-8-17(14,15)16/h5H,1,6-8H2,2-4H3,(H2-,12,13,14,15,16)/p+1. The summed E-state index contributed by atoms with van der Waals surface area (Å²) in [7, 11) is 0.873. The van der Waals surface area contributed by atoms with Gasteiger partial charge >= 0.3 is 13.6 Å². The zero-order valence-corrected chi connectivity index (χ0v) is 11.4. The van der Waals surface area contributed by atoms with Crippen molar-refractivity contribution in [1.82, 2.24) is 0 Å². The lowest BCUT2D eigenvalue weighted by molar-refractivity contribution is -0.913. The average Bonchev–Trinajstić information content (AvgIpc) is 2.07. The molecular weight excluding hydrogens is 245 g/mol. The van der Waals surface area contributed by atoms with Gasteiger partial charge in [-0.1, -0.05) is 6.08 Å². The van der Waals surface area contributed by atoms with Crippen molar-refractivity contribution in [1.29, 1.82) is 0 Å². The van der Waals surface area contributed by atoms with Gasteiger partial charge in [0.05, 0.1) is 27.3 Å². The Morgan fingerprint density at radius 2 is 1.88 bits per heavy atom. The van der Waals surface area contributed by atoms with Gasteiger partial charge in [-0.05, 0) is 0 Å². The highest BCUT2D eigenvalue weighted by Crippen LogP contribution is 2.40. The molecule has 0 fully saturated rings. The number of carbonyl (C=O) groups is 1. The number of carboxylic acid groups (broad SMARTS) is 1. The molecule has 0 radical (unpaired) electrons. The molecule has 0 amide bonds. The fourth-order valence-electron chi connectivity index (χ4n) is 1.76. The molecule has 0 saturated heterocycles. The number of hydrogen-bond donors (Lipinski definition) is 3. The molecule has 0 aliphatic heterocycles. The van der Waals surface area contributed by atoms with E-state index in [1.165, 1.54) is 6.08 Å². The molecule has 0 saturated carbocycles. The first-order chi connectivity index (χ1) is 7.46. The van der Waals surface area contributed by atoms with Crippen molar-refractivity contribution < 1.29 is 28.7 Å². The van der Waals surface area contributed by atoms with Gasteiger partial charge in [0.2, 0.25) is 5.54 Å². The van der Waals surface area contributed by atoms with Crippen LogP contribution in [-0.2, 0) is 9.36 Å². The summed E-state index contributed by atoms with van der Waals surface area (Å²) in [6.45, 7) is 3.52. The lowest BCUT2D eigenvalue weighted by atomic mass is 9.88. The van der Waals surface area contributed by atoms with E-state index in [2.05, 4.69) is 6.58 Å². The SMILES string of the molecule is C=CCC(CCP(=O)(O)O)(C(=O)O)[N+](C)(C)C. The number of likely N-dealkylation sites (N-methyl/N-ethyl adjacent to an activating group) is 1. The van der Waals surface area contributed by atoms with E-state index in [-0.39, 0.29) is 17.3 Å². The maximum absolute atomic E-state index is 11.5. The molecule has 0 aromatic carbocycles. The van der Waals surface area contributed by atoms with Gasteiger partial charge in [0, 0.05) is 12.8 Å². The first-order valence-corrected chi connectivity index (χ1v) is 6.96. The average molecular weight is 266 g/mol. The van der Waals surface area contributed by atoms with E-state index in [1.807, 2.05) is 0 Å². The third-order valence-corrected chi connectivity index (χ3v) is 3.79. The van der Waals surface area contributed by atoms with Gasteiger partial charge in [0.1, 0.15) is 0 Å². The highest BCUT2D eigenvalue weighted by Gasteiger charge is 2.50. The van der Waals surface area contributed by atoms with E-state index < -0.39 is 25.3 Å². The predicted molar refractivity (Wildman–Crippen MR) is 64.7 cm³/mol. The quantitative estimate of drug-likeness (QED) is 0.357. The number of aliphatic carboxylic acids is 1. The fourth-order valence-corrected chi connectivity index (χ4v) is 2.42. The fraction of sp³-hybridized carbons (Fsp3) is 0.700. The molecular formula is C10H21NO5P+. The molecule has 0 aromatic heterocycles. The van der Waals surface area contributed by atoms with E-state index in [9.17, 15) is 14.5 Å². The van der Waals surface area contributed by atoms with Crippen LogP contribution in [0, 0.1) is 0 Å². The molecule has 0 aliphatic carbocycles. The molecule has 7 heteroatoms. The normalized spacial score (nSPS) is 16.3. The summed E-state index contributed by atoms with van der Waals surface area (Å²) in [4.78, 5) is 29.2. The lowest BCUT2D eigenvalue weighted by Gasteiger charge is -2.42. The van der Waals surface area contributed by atoms with Crippen LogP contribution in [-0.4, -0.2) is 58.2 Å². The van der Waals surface area contributed by atoms with Crippen LogP contribution in [0.1, 0.15) is 12.8 Å². The number of hydrogen-bond acceptors (Lipinski definition) is 2. The van der Waals surface area contributed by atoms with Gasteiger partial charge in [-0.3, -0.25) is 4.57 Å². The molecule has 0 aliphatic rings. The minimum absolute atomic E-state index is 0.0777. The Kier molecular flexibility index (Phi) is 5.10. The minimum atomic E-state index is -4.20. The highest BCUT2D eigenvalue weighted by molar-refractivity contribution is 7.51. The second kappa shape index (κ2) is 5.31. The maximum atomic E-state index is 11.5. The van der Waals surface area contributed by atoms with Gasteiger partial charge in [0.25, 0.3) is 0 Å². The molecule has 3 N–H and O–H groups in total. The largest absolute Gasteiger partial charge is 0.477 e. The highest BCUT2D eigenvalue weighted by atomic mass is 31.2. The maximum Gasteiger partial charge on any atom is 0.366 e. The van der Waals surface area contributed by atoms with Gasteiger partial charge in [-0.25, -0.2) is 4.79 Å². The molecule has 0 bridgehead atoms. The predicted octanol–water partition coefficient (Wildman–Crippen LogP) is 0.660. The van der Waals surface area contributed by atoms with Gasteiger partial charge in [-0.15, -0.1) is 6.58 Å². The Labute approximate surface area is 101 Å². The summed E-state index contributed by atoms with van der Waals surface area (Å²) in [6.07, 6.45) is 1.09. The first kappa shape index (κ1) is 16.3. The summed E-state index contributed by atoms with van der Waals surface area (Å²) in [5, 5.41) is 9.37. The van der Waals surface area contributed by atoms with Crippen molar-refractivity contribution in [3.63, 3.8) is 0 Å². The Morgan fingerprint density at radius 1 is 1.41 bits per heavy atom. The Balaban J connectivity index is 5.27.